The Kier molecular flexibility index (Phi) is 4.78. The summed E-state index contributed by atoms with van der Waals surface area (Å²) >= 11 is 0. The standard InChI is InChI=1S/C20H20F2N4O2/c21-13-8-14(22)10-16(9-13)26-7-5-20(19(26)28)4-1-2-15(11-20)25-18(27)17-3-6-23-12-24-17/h3,6,8-10,12,15H,1-2,4-5,7,11H2,(H,25,27)/t15-,20?/m0/s1. The van der Waals surface area contributed by atoms with Gasteiger partial charge < -0.3 is 10.2 Å². The van der Waals surface area contributed by atoms with Crippen molar-refractivity contribution in [3.05, 3.63) is 54.1 Å². The molecule has 1 aliphatic carbocycles. The number of carbonyl (C=O) groups excluding carboxylic acids is 2. The largest absolute Gasteiger partial charge is 0.348 e. The van der Waals surface area contributed by atoms with Gasteiger partial charge in [0.15, 0.2) is 0 Å². The molecule has 8 heteroatoms. The number of hydrogen-bond acceptors (Lipinski definition) is 4. The Labute approximate surface area is 161 Å². The van der Waals surface area contributed by atoms with Crippen molar-refractivity contribution in [1.29, 1.82) is 0 Å². The van der Waals surface area contributed by atoms with Gasteiger partial charge in [0, 0.05) is 30.5 Å². The number of rotatable bonds is 3. The highest BCUT2D eigenvalue weighted by Gasteiger charge is 2.49. The maximum Gasteiger partial charge on any atom is 0.270 e. The summed E-state index contributed by atoms with van der Waals surface area (Å²) in [5.74, 6) is -1.83. The Bertz CT molecular complexity index is 888. The molecule has 2 aliphatic rings. The fourth-order valence-electron chi connectivity index (χ4n) is 4.35. The Hall–Kier alpha value is -2.90. The van der Waals surface area contributed by atoms with Gasteiger partial charge in [-0.05, 0) is 43.9 Å². The van der Waals surface area contributed by atoms with Crippen LogP contribution < -0.4 is 10.2 Å². The zero-order valence-electron chi connectivity index (χ0n) is 15.2. The minimum absolute atomic E-state index is 0.126. The minimum Gasteiger partial charge on any atom is -0.348 e. The van der Waals surface area contributed by atoms with E-state index in [9.17, 15) is 18.4 Å². The van der Waals surface area contributed by atoms with Crippen molar-refractivity contribution >= 4 is 17.5 Å². The first-order valence-corrected chi connectivity index (χ1v) is 9.32. The lowest BCUT2D eigenvalue weighted by Gasteiger charge is -2.36. The van der Waals surface area contributed by atoms with Crippen LogP contribution in [-0.4, -0.2) is 34.4 Å². The average Bonchev–Trinajstić information content (AvgIpc) is 2.97. The summed E-state index contributed by atoms with van der Waals surface area (Å²) in [5, 5.41) is 2.96. The van der Waals surface area contributed by atoms with Crippen LogP contribution in [-0.2, 0) is 4.79 Å². The first kappa shape index (κ1) is 18.5. The molecular formula is C20H20F2N4O2. The SMILES string of the molecule is O=C(N[C@H]1CCCC2(CCN(c3cc(F)cc(F)c3)C2=O)C1)c1ccncn1. The molecule has 146 valence electrons. The lowest BCUT2D eigenvalue weighted by atomic mass is 9.71. The fraction of sp³-hybridized carbons (Fsp3) is 0.400. The van der Waals surface area contributed by atoms with Gasteiger partial charge >= 0.3 is 0 Å². The van der Waals surface area contributed by atoms with Gasteiger partial charge in [-0.1, -0.05) is 6.42 Å². The normalized spacial score (nSPS) is 24.6. The van der Waals surface area contributed by atoms with Crippen LogP contribution in [0.1, 0.15) is 42.6 Å². The molecule has 1 aliphatic heterocycles. The maximum absolute atomic E-state index is 13.6. The van der Waals surface area contributed by atoms with E-state index in [1.165, 1.54) is 35.6 Å². The summed E-state index contributed by atoms with van der Waals surface area (Å²) in [6.07, 6.45) is 6.21. The Morgan fingerprint density at radius 3 is 2.71 bits per heavy atom. The van der Waals surface area contributed by atoms with Crippen molar-refractivity contribution in [3.63, 3.8) is 0 Å². The first-order chi connectivity index (χ1) is 13.5. The molecule has 1 aromatic heterocycles. The van der Waals surface area contributed by atoms with E-state index in [4.69, 9.17) is 0 Å². The number of hydrogen-bond donors (Lipinski definition) is 1. The van der Waals surface area contributed by atoms with Crippen LogP contribution in [0.15, 0.2) is 36.8 Å². The number of anilines is 1. The quantitative estimate of drug-likeness (QED) is 0.880. The molecule has 2 atom stereocenters. The van der Waals surface area contributed by atoms with Crippen molar-refractivity contribution < 1.29 is 18.4 Å². The van der Waals surface area contributed by atoms with Crippen molar-refractivity contribution in [2.75, 3.05) is 11.4 Å². The van der Waals surface area contributed by atoms with Gasteiger partial charge in [0.2, 0.25) is 5.91 Å². The maximum atomic E-state index is 13.6. The third kappa shape index (κ3) is 3.46. The number of carbonyl (C=O) groups is 2. The molecule has 2 heterocycles. The molecule has 0 radical (unpaired) electrons. The summed E-state index contributed by atoms with van der Waals surface area (Å²) in [5.41, 5.74) is -0.0826. The van der Waals surface area contributed by atoms with Crippen molar-refractivity contribution in [2.24, 2.45) is 5.41 Å². The van der Waals surface area contributed by atoms with Gasteiger partial charge in [0.25, 0.3) is 5.91 Å². The zero-order chi connectivity index (χ0) is 19.7. The predicted molar refractivity (Wildman–Crippen MR) is 97.5 cm³/mol. The van der Waals surface area contributed by atoms with E-state index in [0.29, 0.717) is 25.8 Å². The first-order valence-electron chi connectivity index (χ1n) is 9.32. The highest BCUT2D eigenvalue weighted by molar-refractivity contribution is 6.00. The molecule has 6 nitrogen and oxygen atoms in total. The fourth-order valence-corrected chi connectivity index (χ4v) is 4.35. The van der Waals surface area contributed by atoms with Crippen LogP contribution in [0.4, 0.5) is 14.5 Å². The number of halogens is 2. The van der Waals surface area contributed by atoms with E-state index >= 15 is 0 Å². The van der Waals surface area contributed by atoms with Gasteiger partial charge in [-0.3, -0.25) is 9.59 Å². The van der Waals surface area contributed by atoms with E-state index in [2.05, 4.69) is 15.3 Å². The molecule has 2 aromatic rings. The van der Waals surface area contributed by atoms with E-state index in [1.807, 2.05) is 0 Å². The lowest BCUT2D eigenvalue weighted by Crippen LogP contribution is -2.46. The summed E-state index contributed by atoms with van der Waals surface area (Å²) in [6, 6.07) is 4.53. The number of benzene rings is 1. The lowest BCUT2D eigenvalue weighted by molar-refractivity contribution is -0.127. The van der Waals surface area contributed by atoms with Crippen LogP contribution in [0, 0.1) is 17.0 Å². The van der Waals surface area contributed by atoms with Gasteiger partial charge in [-0.25, -0.2) is 18.7 Å². The zero-order valence-corrected chi connectivity index (χ0v) is 15.2. The Morgan fingerprint density at radius 2 is 2.00 bits per heavy atom. The predicted octanol–water partition coefficient (Wildman–Crippen LogP) is 2.85. The van der Waals surface area contributed by atoms with Gasteiger partial charge in [-0.15, -0.1) is 0 Å². The van der Waals surface area contributed by atoms with Crippen molar-refractivity contribution in [1.82, 2.24) is 15.3 Å². The van der Waals surface area contributed by atoms with E-state index in [1.54, 1.807) is 0 Å². The molecule has 1 spiro atoms. The highest BCUT2D eigenvalue weighted by atomic mass is 19.1. The van der Waals surface area contributed by atoms with Crippen LogP contribution in [0.5, 0.6) is 0 Å². The second kappa shape index (κ2) is 7.26. The third-order valence-corrected chi connectivity index (χ3v) is 5.67. The molecule has 1 aromatic carbocycles. The second-order valence-corrected chi connectivity index (χ2v) is 7.48. The summed E-state index contributed by atoms with van der Waals surface area (Å²) < 4.78 is 27.1. The highest BCUT2D eigenvalue weighted by Crippen LogP contribution is 2.46. The molecule has 28 heavy (non-hydrogen) atoms. The molecule has 1 N–H and O–H groups in total. The van der Waals surface area contributed by atoms with Crippen LogP contribution in [0.25, 0.3) is 0 Å². The van der Waals surface area contributed by atoms with Gasteiger partial charge in [-0.2, -0.15) is 0 Å². The summed E-state index contributed by atoms with van der Waals surface area (Å²) in [4.78, 5) is 34.7. The second-order valence-electron chi connectivity index (χ2n) is 7.48. The van der Waals surface area contributed by atoms with Crippen molar-refractivity contribution in [2.45, 2.75) is 38.1 Å². The number of aromatic nitrogens is 2. The van der Waals surface area contributed by atoms with E-state index in [0.717, 1.165) is 18.9 Å². The molecule has 2 amide bonds. The molecule has 4 rings (SSSR count). The molecular weight excluding hydrogens is 366 g/mol. The number of nitrogens with zero attached hydrogens (tertiary/aromatic N) is 3. The smallest absolute Gasteiger partial charge is 0.270 e. The average molecular weight is 386 g/mol. The van der Waals surface area contributed by atoms with E-state index in [-0.39, 0.29) is 29.2 Å². The van der Waals surface area contributed by atoms with Gasteiger partial charge in [0.1, 0.15) is 23.7 Å². The molecule has 0 bridgehead atoms. The monoisotopic (exact) mass is 386 g/mol. The number of nitrogens with one attached hydrogen (secondary N) is 1. The summed E-state index contributed by atoms with van der Waals surface area (Å²) in [7, 11) is 0. The van der Waals surface area contributed by atoms with Crippen LogP contribution >= 0.6 is 0 Å². The van der Waals surface area contributed by atoms with E-state index < -0.39 is 17.0 Å². The van der Waals surface area contributed by atoms with Crippen LogP contribution in [0.3, 0.4) is 0 Å². The van der Waals surface area contributed by atoms with Crippen LogP contribution in [0.2, 0.25) is 0 Å². The Morgan fingerprint density at radius 1 is 1.21 bits per heavy atom. The molecule has 1 saturated heterocycles. The molecule has 1 saturated carbocycles. The number of amides is 2. The molecule has 1 unspecified atom stereocenters. The van der Waals surface area contributed by atoms with Crippen molar-refractivity contribution in [3.8, 4) is 0 Å². The third-order valence-electron chi connectivity index (χ3n) is 5.67. The summed E-state index contributed by atoms with van der Waals surface area (Å²) in [6.45, 7) is 0.411. The Balaban J connectivity index is 1.49. The van der Waals surface area contributed by atoms with Gasteiger partial charge in [0.05, 0.1) is 5.41 Å². The topological polar surface area (TPSA) is 75.2 Å². The molecule has 2 fully saturated rings. The minimum atomic E-state index is -0.706.